The van der Waals surface area contributed by atoms with E-state index in [9.17, 15) is 4.79 Å². The molecule has 1 saturated heterocycles. The highest BCUT2D eigenvalue weighted by Crippen LogP contribution is 2.11. The van der Waals surface area contributed by atoms with E-state index >= 15 is 0 Å². The summed E-state index contributed by atoms with van der Waals surface area (Å²) in [5.41, 5.74) is 2.50. The summed E-state index contributed by atoms with van der Waals surface area (Å²) in [5.74, 6) is 0. The third kappa shape index (κ3) is 5.07. The van der Waals surface area contributed by atoms with Crippen molar-refractivity contribution in [3.8, 4) is 0 Å². The zero-order valence-electron chi connectivity index (χ0n) is 14.9. The molecule has 25 heavy (non-hydrogen) atoms. The molecule has 0 spiro atoms. The molecule has 4 nitrogen and oxygen atoms in total. The smallest absolute Gasteiger partial charge is 0.317 e. The molecule has 2 amide bonds. The SMILES string of the molecule is CC1CN(C(=O)NCc2ccccc2)CCN1CCc1ccccc1. The molecule has 1 aliphatic rings. The molecule has 1 atom stereocenters. The fourth-order valence-electron chi connectivity index (χ4n) is 3.31. The number of hydrogen-bond donors (Lipinski definition) is 1. The highest BCUT2D eigenvalue weighted by molar-refractivity contribution is 5.74. The molecule has 0 saturated carbocycles. The normalized spacial score (nSPS) is 18.1. The van der Waals surface area contributed by atoms with Crippen LogP contribution < -0.4 is 5.32 Å². The predicted molar refractivity (Wildman–Crippen MR) is 101 cm³/mol. The highest BCUT2D eigenvalue weighted by Gasteiger charge is 2.26. The lowest BCUT2D eigenvalue weighted by atomic mass is 10.1. The van der Waals surface area contributed by atoms with Crippen molar-refractivity contribution in [2.75, 3.05) is 26.2 Å². The molecule has 2 aromatic rings. The lowest BCUT2D eigenvalue weighted by Gasteiger charge is -2.39. The number of nitrogens with zero attached hydrogens (tertiary/aromatic N) is 2. The molecule has 1 fully saturated rings. The molecular weight excluding hydrogens is 310 g/mol. The second kappa shape index (κ2) is 8.67. The first-order chi connectivity index (χ1) is 12.2. The molecule has 4 heteroatoms. The zero-order valence-corrected chi connectivity index (χ0v) is 14.9. The molecule has 132 valence electrons. The van der Waals surface area contributed by atoms with Gasteiger partial charge in [-0.2, -0.15) is 0 Å². The standard InChI is InChI=1S/C21H27N3O/c1-18-17-24(21(25)22-16-20-10-6-3-7-11-20)15-14-23(18)13-12-19-8-4-2-5-9-19/h2-11,18H,12-17H2,1H3,(H,22,25). The van der Waals surface area contributed by atoms with Crippen LogP contribution in [0.2, 0.25) is 0 Å². The second-order valence-electron chi connectivity index (χ2n) is 6.71. The lowest BCUT2D eigenvalue weighted by Crippen LogP contribution is -2.56. The van der Waals surface area contributed by atoms with E-state index in [1.54, 1.807) is 0 Å². The van der Waals surface area contributed by atoms with Gasteiger partial charge in [-0.3, -0.25) is 4.90 Å². The summed E-state index contributed by atoms with van der Waals surface area (Å²) in [4.78, 5) is 16.8. The Balaban J connectivity index is 1.43. The Labute approximate surface area is 150 Å². The summed E-state index contributed by atoms with van der Waals surface area (Å²) >= 11 is 0. The van der Waals surface area contributed by atoms with E-state index in [2.05, 4.69) is 47.5 Å². The third-order valence-electron chi connectivity index (χ3n) is 4.87. The fraction of sp³-hybridized carbons (Fsp3) is 0.381. The van der Waals surface area contributed by atoms with Gasteiger partial charge in [0.1, 0.15) is 0 Å². The number of urea groups is 1. The molecule has 3 rings (SSSR count). The first kappa shape index (κ1) is 17.5. The molecule has 1 aliphatic heterocycles. The van der Waals surface area contributed by atoms with Crippen molar-refractivity contribution < 1.29 is 4.79 Å². The number of amides is 2. The first-order valence-corrected chi connectivity index (χ1v) is 9.07. The van der Waals surface area contributed by atoms with E-state index in [1.807, 2.05) is 35.2 Å². The van der Waals surface area contributed by atoms with Crippen molar-refractivity contribution in [3.63, 3.8) is 0 Å². The minimum atomic E-state index is 0.0402. The number of carbonyl (C=O) groups excluding carboxylic acids is 1. The number of rotatable bonds is 5. The lowest BCUT2D eigenvalue weighted by molar-refractivity contribution is 0.0988. The largest absolute Gasteiger partial charge is 0.334 e. The van der Waals surface area contributed by atoms with Crippen molar-refractivity contribution in [2.24, 2.45) is 0 Å². The van der Waals surface area contributed by atoms with Gasteiger partial charge in [0.15, 0.2) is 0 Å². The van der Waals surface area contributed by atoms with Crippen molar-refractivity contribution in [1.29, 1.82) is 0 Å². The molecule has 0 bridgehead atoms. The molecule has 2 aromatic carbocycles. The maximum absolute atomic E-state index is 12.4. The Morgan fingerprint density at radius 3 is 2.28 bits per heavy atom. The first-order valence-electron chi connectivity index (χ1n) is 9.07. The van der Waals surface area contributed by atoms with Gasteiger partial charge in [0.25, 0.3) is 0 Å². The molecule has 0 aromatic heterocycles. The van der Waals surface area contributed by atoms with E-state index in [4.69, 9.17) is 0 Å². The van der Waals surface area contributed by atoms with Crippen LogP contribution in [0.25, 0.3) is 0 Å². The predicted octanol–water partition coefficient (Wildman–Crippen LogP) is 3.15. The summed E-state index contributed by atoms with van der Waals surface area (Å²) in [5, 5.41) is 3.03. The number of benzene rings is 2. The van der Waals surface area contributed by atoms with Crippen LogP contribution in [0.3, 0.4) is 0 Å². The van der Waals surface area contributed by atoms with Crippen molar-refractivity contribution in [3.05, 3.63) is 71.8 Å². The van der Waals surface area contributed by atoms with E-state index in [0.29, 0.717) is 12.6 Å². The van der Waals surface area contributed by atoms with Gasteiger partial charge in [0, 0.05) is 38.8 Å². The van der Waals surface area contributed by atoms with Crippen molar-refractivity contribution in [2.45, 2.75) is 25.9 Å². The van der Waals surface area contributed by atoms with Gasteiger partial charge in [0.2, 0.25) is 0 Å². The van der Waals surface area contributed by atoms with Crippen LogP contribution in [-0.2, 0) is 13.0 Å². The molecule has 1 N–H and O–H groups in total. The summed E-state index contributed by atoms with van der Waals surface area (Å²) in [6.07, 6.45) is 1.06. The minimum Gasteiger partial charge on any atom is -0.334 e. The summed E-state index contributed by atoms with van der Waals surface area (Å²) in [7, 11) is 0. The Bertz CT molecular complexity index is 659. The van der Waals surface area contributed by atoms with Crippen LogP contribution in [-0.4, -0.2) is 48.1 Å². The number of nitrogens with one attached hydrogen (secondary N) is 1. The van der Waals surface area contributed by atoms with Crippen LogP contribution in [0.1, 0.15) is 18.1 Å². The third-order valence-corrected chi connectivity index (χ3v) is 4.87. The van der Waals surface area contributed by atoms with Crippen LogP contribution in [0.5, 0.6) is 0 Å². The van der Waals surface area contributed by atoms with Gasteiger partial charge in [-0.15, -0.1) is 0 Å². The van der Waals surface area contributed by atoms with Gasteiger partial charge in [-0.05, 0) is 24.5 Å². The van der Waals surface area contributed by atoms with Crippen molar-refractivity contribution in [1.82, 2.24) is 15.1 Å². The van der Waals surface area contributed by atoms with E-state index < -0.39 is 0 Å². The maximum Gasteiger partial charge on any atom is 0.317 e. The topological polar surface area (TPSA) is 35.6 Å². The minimum absolute atomic E-state index is 0.0402. The molecule has 1 heterocycles. The van der Waals surface area contributed by atoms with Crippen LogP contribution in [0, 0.1) is 0 Å². The monoisotopic (exact) mass is 337 g/mol. The zero-order chi connectivity index (χ0) is 17.5. The van der Waals surface area contributed by atoms with E-state index in [-0.39, 0.29) is 6.03 Å². The van der Waals surface area contributed by atoms with Gasteiger partial charge in [-0.25, -0.2) is 4.79 Å². The quantitative estimate of drug-likeness (QED) is 0.910. The number of hydrogen-bond acceptors (Lipinski definition) is 2. The van der Waals surface area contributed by atoms with Crippen molar-refractivity contribution >= 4 is 6.03 Å². The van der Waals surface area contributed by atoms with E-state index in [1.165, 1.54) is 5.56 Å². The number of carbonyl (C=O) groups is 1. The Hall–Kier alpha value is -2.33. The van der Waals surface area contributed by atoms with Gasteiger partial charge < -0.3 is 10.2 Å². The molecule has 0 radical (unpaired) electrons. The van der Waals surface area contributed by atoms with Crippen LogP contribution in [0.15, 0.2) is 60.7 Å². The summed E-state index contributed by atoms with van der Waals surface area (Å²) in [6.45, 7) is 6.36. The number of piperazine rings is 1. The maximum atomic E-state index is 12.4. The van der Waals surface area contributed by atoms with Gasteiger partial charge in [-0.1, -0.05) is 60.7 Å². The Morgan fingerprint density at radius 1 is 1.00 bits per heavy atom. The molecule has 0 aliphatic carbocycles. The molecule has 1 unspecified atom stereocenters. The van der Waals surface area contributed by atoms with Gasteiger partial charge >= 0.3 is 6.03 Å². The highest BCUT2D eigenvalue weighted by atomic mass is 16.2. The summed E-state index contributed by atoms with van der Waals surface area (Å²) < 4.78 is 0. The molecular formula is C21H27N3O. The fourth-order valence-corrected chi connectivity index (χ4v) is 3.31. The second-order valence-corrected chi connectivity index (χ2v) is 6.71. The average Bonchev–Trinajstić information content (AvgIpc) is 2.66. The van der Waals surface area contributed by atoms with Gasteiger partial charge in [0.05, 0.1) is 0 Å². The average molecular weight is 337 g/mol. The van der Waals surface area contributed by atoms with E-state index in [0.717, 1.165) is 38.2 Å². The van der Waals surface area contributed by atoms with Crippen LogP contribution in [0.4, 0.5) is 4.79 Å². The summed E-state index contributed by atoms with van der Waals surface area (Å²) in [6, 6.07) is 21.1. The van der Waals surface area contributed by atoms with Crippen LogP contribution >= 0.6 is 0 Å². The Morgan fingerprint density at radius 2 is 1.64 bits per heavy atom. The Kier molecular flexibility index (Phi) is 6.07.